The molecule has 3 aliphatic heterocycles. The van der Waals surface area contributed by atoms with Crippen molar-refractivity contribution in [3.63, 3.8) is 0 Å². The molecule has 2 N–H and O–H groups in total. The molecule has 16 heteroatoms. The zero-order chi connectivity index (χ0) is 28.5. The third kappa shape index (κ3) is 10.1. The van der Waals surface area contributed by atoms with E-state index in [9.17, 15) is 31.1 Å². The summed E-state index contributed by atoms with van der Waals surface area (Å²) in [4.78, 5) is 42.3. The van der Waals surface area contributed by atoms with Gasteiger partial charge in [-0.25, -0.2) is 14.7 Å². The lowest BCUT2D eigenvalue weighted by atomic mass is 9.83. The Labute approximate surface area is 213 Å². The predicted molar refractivity (Wildman–Crippen MR) is 115 cm³/mol. The van der Waals surface area contributed by atoms with Gasteiger partial charge in [0.2, 0.25) is 5.91 Å². The van der Waals surface area contributed by atoms with E-state index in [0.717, 1.165) is 51.3 Å². The highest BCUT2D eigenvalue weighted by atomic mass is 19.4. The number of ether oxygens (including phenoxy) is 1. The molecule has 0 bridgehead atoms. The SMILES string of the molecule is O=C(C[C@@H]1OC[C@H]2CN(Cc3ccccn3)CC[C@H]21)N1CCCO1.O=C(O)C(F)(F)F.O=C(O)C(F)(F)F. The van der Waals surface area contributed by atoms with Crippen molar-refractivity contribution < 1.29 is 60.5 Å². The molecule has 0 aliphatic carbocycles. The number of fused-ring (bicyclic) bond motifs is 1. The van der Waals surface area contributed by atoms with Crippen LogP contribution in [0.4, 0.5) is 26.3 Å². The molecule has 3 fully saturated rings. The van der Waals surface area contributed by atoms with Gasteiger partial charge in [0, 0.05) is 25.2 Å². The highest BCUT2D eigenvalue weighted by molar-refractivity contribution is 5.76. The number of aromatic nitrogens is 1. The average molecular weight is 559 g/mol. The molecule has 10 nitrogen and oxygen atoms in total. The molecule has 214 valence electrons. The van der Waals surface area contributed by atoms with Gasteiger partial charge in [-0.2, -0.15) is 26.3 Å². The number of halogens is 6. The van der Waals surface area contributed by atoms with Gasteiger partial charge in [-0.05, 0) is 37.4 Å². The van der Waals surface area contributed by atoms with Crippen LogP contribution in [0.25, 0.3) is 0 Å². The largest absolute Gasteiger partial charge is 0.490 e. The maximum absolute atomic E-state index is 12.3. The minimum absolute atomic E-state index is 0.0590. The van der Waals surface area contributed by atoms with E-state index >= 15 is 0 Å². The highest BCUT2D eigenvalue weighted by Gasteiger charge is 2.42. The van der Waals surface area contributed by atoms with Crippen LogP contribution >= 0.6 is 0 Å². The molecule has 0 radical (unpaired) electrons. The molecular weight excluding hydrogens is 532 g/mol. The monoisotopic (exact) mass is 559 g/mol. The van der Waals surface area contributed by atoms with Crippen LogP contribution in [0.3, 0.4) is 0 Å². The number of alkyl halides is 6. The Morgan fingerprint density at radius 2 is 1.66 bits per heavy atom. The molecule has 0 aromatic carbocycles. The van der Waals surface area contributed by atoms with Gasteiger partial charge in [-0.3, -0.25) is 19.5 Å². The molecule has 1 amide bonds. The number of rotatable bonds is 4. The number of nitrogens with zero attached hydrogens (tertiary/aromatic N) is 3. The van der Waals surface area contributed by atoms with Gasteiger partial charge in [0.15, 0.2) is 0 Å². The van der Waals surface area contributed by atoms with Crippen molar-refractivity contribution in [2.24, 2.45) is 11.8 Å². The molecule has 0 unspecified atom stereocenters. The summed E-state index contributed by atoms with van der Waals surface area (Å²) in [7, 11) is 0. The van der Waals surface area contributed by atoms with E-state index in [4.69, 9.17) is 29.4 Å². The van der Waals surface area contributed by atoms with Crippen LogP contribution in [0, 0.1) is 11.8 Å². The van der Waals surface area contributed by atoms with Crippen molar-refractivity contribution >= 4 is 17.8 Å². The Morgan fingerprint density at radius 3 is 2.16 bits per heavy atom. The van der Waals surface area contributed by atoms with Crippen molar-refractivity contribution in [2.75, 3.05) is 32.8 Å². The number of hydroxylamine groups is 2. The lowest BCUT2D eigenvalue weighted by Crippen LogP contribution is -2.42. The Hall–Kier alpha value is -2.98. The van der Waals surface area contributed by atoms with Crippen molar-refractivity contribution in [1.29, 1.82) is 0 Å². The number of carboxylic acid groups (broad SMARTS) is 2. The molecule has 4 rings (SSSR count). The summed E-state index contributed by atoms with van der Waals surface area (Å²) in [6.07, 6.45) is -5.77. The maximum Gasteiger partial charge on any atom is 0.490 e. The molecule has 4 heterocycles. The maximum atomic E-state index is 12.3. The van der Waals surface area contributed by atoms with E-state index in [2.05, 4.69) is 16.0 Å². The third-order valence-electron chi connectivity index (χ3n) is 5.88. The number of carbonyl (C=O) groups excluding carboxylic acids is 1. The van der Waals surface area contributed by atoms with E-state index in [-0.39, 0.29) is 12.0 Å². The van der Waals surface area contributed by atoms with Crippen LogP contribution in [-0.2, 0) is 30.5 Å². The number of carbonyl (C=O) groups is 3. The van der Waals surface area contributed by atoms with E-state index in [1.165, 1.54) is 5.06 Å². The lowest BCUT2D eigenvalue weighted by Gasteiger charge is -2.35. The molecule has 1 aromatic heterocycles. The van der Waals surface area contributed by atoms with Crippen molar-refractivity contribution in [3.05, 3.63) is 30.1 Å². The van der Waals surface area contributed by atoms with Crippen molar-refractivity contribution in [3.8, 4) is 0 Å². The van der Waals surface area contributed by atoms with Gasteiger partial charge in [-0.15, -0.1) is 0 Å². The van der Waals surface area contributed by atoms with Gasteiger partial charge in [0.25, 0.3) is 0 Å². The Balaban J connectivity index is 0.000000301. The summed E-state index contributed by atoms with van der Waals surface area (Å²) in [5.74, 6) is -4.41. The summed E-state index contributed by atoms with van der Waals surface area (Å²) in [5, 5.41) is 15.8. The summed E-state index contributed by atoms with van der Waals surface area (Å²) >= 11 is 0. The van der Waals surface area contributed by atoms with Gasteiger partial charge < -0.3 is 14.9 Å². The Bertz CT molecular complexity index is 902. The zero-order valence-corrected chi connectivity index (χ0v) is 20.0. The summed E-state index contributed by atoms with van der Waals surface area (Å²) in [6, 6.07) is 6.07. The van der Waals surface area contributed by atoms with Crippen LogP contribution in [0.15, 0.2) is 24.4 Å². The zero-order valence-electron chi connectivity index (χ0n) is 20.0. The first kappa shape index (κ1) is 31.2. The number of likely N-dealkylation sites (tertiary alicyclic amines) is 1. The normalized spacial score (nSPS) is 23.4. The fourth-order valence-electron chi connectivity index (χ4n) is 4.15. The summed E-state index contributed by atoms with van der Waals surface area (Å²) in [5.41, 5.74) is 1.12. The van der Waals surface area contributed by atoms with Crippen molar-refractivity contribution in [1.82, 2.24) is 14.9 Å². The number of piperidine rings is 1. The average Bonchev–Trinajstić information content (AvgIpc) is 3.50. The van der Waals surface area contributed by atoms with E-state index < -0.39 is 24.3 Å². The van der Waals surface area contributed by atoms with Crippen LogP contribution < -0.4 is 0 Å². The molecule has 0 spiro atoms. The number of amides is 1. The number of carboxylic acids is 2. The third-order valence-corrected chi connectivity index (χ3v) is 5.88. The molecule has 3 atom stereocenters. The lowest BCUT2D eigenvalue weighted by molar-refractivity contribution is -0.193. The topological polar surface area (TPSA) is 130 Å². The second-order valence-electron chi connectivity index (χ2n) is 8.63. The van der Waals surface area contributed by atoms with Gasteiger partial charge in [0.1, 0.15) is 0 Å². The van der Waals surface area contributed by atoms with Crippen LogP contribution in [0.2, 0.25) is 0 Å². The Morgan fingerprint density at radius 1 is 1.03 bits per heavy atom. The van der Waals surface area contributed by atoms with Crippen LogP contribution in [0.5, 0.6) is 0 Å². The number of hydrogen-bond acceptors (Lipinski definition) is 7. The second kappa shape index (κ2) is 13.7. The molecule has 3 aliphatic rings. The van der Waals surface area contributed by atoms with E-state index in [1.54, 1.807) is 0 Å². The molecule has 38 heavy (non-hydrogen) atoms. The first-order valence-electron chi connectivity index (χ1n) is 11.5. The first-order chi connectivity index (χ1) is 17.7. The van der Waals surface area contributed by atoms with Gasteiger partial charge in [-0.1, -0.05) is 6.07 Å². The van der Waals surface area contributed by atoms with E-state index in [1.807, 2.05) is 18.3 Å². The summed E-state index contributed by atoms with van der Waals surface area (Å²) in [6.45, 7) is 5.12. The fraction of sp³-hybridized carbons (Fsp3) is 0.636. The predicted octanol–water partition coefficient (Wildman–Crippen LogP) is 2.74. The minimum atomic E-state index is -5.08. The van der Waals surface area contributed by atoms with E-state index in [0.29, 0.717) is 24.9 Å². The molecule has 3 saturated heterocycles. The van der Waals surface area contributed by atoms with Crippen LogP contribution in [-0.4, -0.2) is 94.3 Å². The van der Waals surface area contributed by atoms with Crippen molar-refractivity contribution in [2.45, 2.75) is 44.3 Å². The Kier molecular flexibility index (Phi) is 11.3. The number of aliphatic carboxylic acids is 2. The second-order valence-corrected chi connectivity index (χ2v) is 8.63. The van der Waals surface area contributed by atoms with Gasteiger partial charge >= 0.3 is 24.3 Å². The van der Waals surface area contributed by atoms with Crippen LogP contribution in [0.1, 0.15) is 25.0 Å². The quantitative estimate of drug-likeness (QED) is 0.535. The standard InChI is InChI=1S/C18H25N3O3.2C2HF3O2/c22-18(21-7-3-9-24-21)10-17-16-5-8-20(11-14(16)13-23-17)12-15-4-1-2-6-19-15;2*3-2(4,5)1(6)7/h1-2,4,6,14,16-17H,3,5,7-13H2;2*(H,6,7)/t14-,16-,17+;;/m1../s1. The molecule has 0 saturated carbocycles. The number of pyridine rings is 1. The fourth-order valence-corrected chi connectivity index (χ4v) is 4.15. The molecular formula is C22H27F6N3O7. The van der Waals surface area contributed by atoms with Gasteiger partial charge in [0.05, 0.1) is 38.0 Å². The minimum Gasteiger partial charge on any atom is -0.475 e. The highest BCUT2D eigenvalue weighted by Crippen LogP contribution is 2.36. The molecule has 1 aromatic rings. The smallest absolute Gasteiger partial charge is 0.475 e. The first-order valence-corrected chi connectivity index (χ1v) is 11.5. The number of hydrogen-bond donors (Lipinski definition) is 2. The summed E-state index contributed by atoms with van der Waals surface area (Å²) < 4.78 is 69.5.